The molecular formula is C15H16ClN3OS. The molecule has 21 heavy (non-hydrogen) atoms. The predicted octanol–water partition coefficient (Wildman–Crippen LogP) is 3.53. The van der Waals surface area contributed by atoms with Crippen molar-refractivity contribution < 1.29 is 4.79 Å². The van der Waals surface area contributed by atoms with E-state index in [1.165, 1.54) is 16.6 Å². The van der Waals surface area contributed by atoms with Crippen LogP contribution in [0.2, 0.25) is 5.15 Å². The number of nitrogen functional groups attached to an aromatic ring is 1. The number of thiophene rings is 1. The first kappa shape index (κ1) is 14.4. The van der Waals surface area contributed by atoms with Gasteiger partial charge in [-0.15, -0.1) is 11.3 Å². The molecule has 0 aliphatic carbocycles. The number of anilines is 1. The lowest BCUT2D eigenvalue weighted by molar-refractivity contribution is 0.0657. The van der Waals surface area contributed by atoms with E-state index in [1.807, 2.05) is 4.90 Å². The summed E-state index contributed by atoms with van der Waals surface area (Å²) in [7, 11) is 0. The Morgan fingerprint density at radius 1 is 1.62 bits per heavy atom. The Morgan fingerprint density at radius 2 is 2.43 bits per heavy atom. The van der Waals surface area contributed by atoms with Gasteiger partial charge in [-0.05, 0) is 35.9 Å². The molecule has 2 aromatic rings. The summed E-state index contributed by atoms with van der Waals surface area (Å²) in [6, 6.07) is 3.82. The fourth-order valence-corrected chi connectivity index (χ4v) is 3.96. The molecule has 0 radical (unpaired) electrons. The van der Waals surface area contributed by atoms with Crippen molar-refractivity contribution in [3.8, 4) is 0 Å². The van der Waals surface area contributed by atoms with Crippen LogP contribution in [0.3, 0.4) is 0 Å². The van der Waals surface area contributed by atoms with E-state index in [9.17, 15) is 4.79 Å². The van der Waals surface area contributed by atoms with Crippen molar-refractivity contribution in [1.29, 1.82) is 0 Å². The highest BCUT2D eigenvalue weighted by molar-refractivity contribution is 7.10. The van der Waals surface area contributed by atoms with Crippen LogP contribution in [-0.4, -0.2) is 22.3 Å². The topological polar surface area (TPSA) is 59.2 Å². The minimum Gasteiger partial charge on any atom is -0.397 e. The summed E-state index contributed by atoms with van der Waals surface area (Å²) in [6.07, 6.45) is 3.23. The first-order chi connectivity index (χ1) is 10.1. The summed E-state index contributed by atoms with van der Waals surface area (Å²) in [5.74, 6) is -0.0940. The monoisotopic (exact) mass is 321 g/mol. The molecule has 1 unspecified atom stereocenters. The molecule has 2 N–H and O–H groups in total. The number of carbonyl (C=O) groups excluding carboxylic acids is 1. The molecule has 1 aliphatic heterocycles. The van der Waals surface area contributed by atoms with Gasteiger partial charge in [0.05, 0.1) is 23.5 Å². The van der Waals surface area contributed by atoms with E-state index < -0.39 is 0 Å². The van der Waals surface area contributed by atoms with Gasteiger partial charge in [0.1, 0.15) is 5.15 Å². The lowest BCUT2D eigenvalue weighted by Crippen LogP contribution is -2.39. The number of nitrogens with zero attached hydrogens (tertiary/aromatic N) is 2. The fourth-order valence-electron chi connectivity index (χ4n) is 2.85. The number of hydrogen-bond donors (Lipinski definition) is 1. The van der Waals surface area contributed by atoms with Gasteiger partial charge in [0.15, 0.2) is 0 Å². The quantitative estimate of drug-likeness (QED) is 0.861. The van der Waals surface area contributed by atoms with Gasteiger partial charge in [0.25, 0.3) is 5.91 Å². The predicted molar refractivity (Wildman–Crippen MR) is 85.8 cm³/mol. The van der Waals surface area contributed by atoms with Crippen LogP contribution >= 0.6 is 22.9 Å². The van der Waals surface area contributed by atoms with Crippen molar-refractivity contribution in [2.45, 2.75) is 25.8 Å². The van der Waals surface area contributed by atoms with Gasteiger partial charge >= 0.3 is 0 Å². The van der Waals surface area contributed by atoms with Crippen molar-refractivity contribution >= 4 is 34.5 Å². The molecule has 0 saturated carbocycles. The number of pyridine rings is 1. The lowest BCUT2D eigenvalue weighted by atomic mass is 9.97. The molecule has 1 amide bonds. The van der Waals surface area contributed by atoms with Crippen LogP contribution in [0.4, 0.5) is 5.69 Å². The van der Waals surface area contributed by atoms with Crippen LogP contribution < -0.4 is 5.73 Å². The number of carbonyl (C=O) groups is 1. The highest BCUT2D eigenvalue weighted by atomic mass is 35.5. The zero-order valence-corrected chi connectivity index (χ0v) is 13.2. The summed E-state index contributed by atoms with van der Waals surface area (Å²) in [5, 5.41) is 2.30. The van der Waals surface area contributed by atoms with Crippen molar-refractivity contribution in [2.24, 2.45) is 0 Å². The van der Waals surface area contributed by atoms with Crippen LogP contribution in [0.1, 0.15) is 40.2 Å². The standard InChI is InChI=1S/C15H16ClN3OS/c1-2-12-10-4-6-21-13(10)3-5-19(12)15(20)11-7-9(17)8-18-14(11)16/h4,6-8,12H,2-3,5,17H2,1H3. The highest BCUT2D eigenvalue weighted by Crippen LogP contribution is 2.36. The number of rotatable bonds is 2. The third-order valence-corrected chi connectivity index (χ3v) is 5.13. The van der Waals surface area contributed by atoms with Crippen LogP contribution in [0, 0.1) is 0 Å². The summed E-state index contributed by atoms with van der Waals surface area (Å²) < 4.78 is 0. The van der Waals surface area contributed by atoms with Crippen LogP contribution in [0.5, 0.6) is 0 Å². The smallest absolute Gasteiger partial charge is 0.257 e. The van der Waals surface area contributed by atoms with Gasteiger partial charge in [-0.3, -0.25) is 4.79 Å². The number of fused-ring (bicyclic) bond motifs is 1. The molecule has 1 aliphatic rings. The molecule has 110 valence electrons. The normalized spacial score (nSPS) is 17.6. The van der Waals surface area contributed by atoms with E-state index in [1.54, 1.807) is 17.4 Å². The maximum Gasteiger partial charge on any atom is 0.257 e. The number of amides is 1. The van der Waals surface area contributed by atoms with E-state index in [2.05, 4.69) is 23.4 Å². The van der Waals surface area contributed by atoms with Crippen molar-refractivity contribution in [1.82, 2.24) is 9.88 Å². The maximum atomic E-state index is 12.8. The van der Waals surface area contributed by atoms with E-state index in [0.29, 0.717) is 17.8 Å². The van der Waals surface area contributed by atoms with E-state index in [-0.39, 0.29) is 17.1 Å². The first-order valence-corrected chi connectivity index (χ1v) is 8.15. The van der Waals surface area contributed by atoms with Gasteiger partial charge < -0.3 is 10.6 Å². The molecule has 2 aromatic heterocycles. The average Bonchev–Trinajstić information content (AvgIpc) is 2.96. The highest BCUT2D eigenvalue weighted by Gasteiger charge is 2.31. The molecule has 3 heterocycles. The lowest BCUT2D eigenvalue weighted by Gasteiger charge is -2.35. The maximum absolute atomic E-state index is 12.8. The number of aromatic nitrogens is 1. The van der Waals surface area contributed by atoms with Gasteiger partial charge in [0.2, 0.25) is 0 Å². The molecule has 0 spiro atoms. The van der Waals surface area contributed by atoms with Crippen molar-refractivity contribution in [3.63, 3.8) is 0 Å². The molecule has 1 atom stereocenters. The second-order valence-corrected chi connectivity index (χ2v) is 6.44. The molecule has 0 saturated heterocycles. The Labute approximate surface area is 132 Å². The second kappa shape index (κ2) is 5.66. The van der Waals surface area contributed by atoms with Gasteiger partial charge in [-0.2, -0.15) is 0 Å². The SMILES string of the molecule is CCC1c2ccsc2CCN1C(=O)c1cc(N)cnc1Cl. The summed E-state index contributed by atoms with van der Waals surface area (Å²) in [5.41, 5.74) is 7.82. The van der Waals surface area contributed by atoms with E-state index >= 15 is 0 Å². The number of nitrogens with two attached hydrogens (primary N) is 1. The van der Waals surface area contributed by atoms with Crippen molar-refractivity contribution in [2.75, 3.05) is 12.3 Å². The van der Waals surface area contributed by atoms with Gasteiger partial charge in [-0.1, -0.05) is 18.5 Å². The Hall–Kier alpha value is -1.59. The zero-order chi connectivity index (χ0) is 15.0. The Bertz CT molecular complexity index is 685. The molecule has 0 aromatic carbocycles. The minimum atomic E-state index is -0.0940. The second-order valence-electron chi connectivity index (χ2n) is 5.08. The molecule has 4 nitrogen and oxygen atoms in total. The number of hydrogen-bond acceptors (Lipinski definition) is 4. The Balaban J connectivity index is 1.96. The average molecular weight is 322 g/mol. The molecule has 0 bridgehead atoms. The van der Waals surface area contributed by atoms with Crippen LogP contribution in [0.25, 0.3) is 0 Å². The van der Waals surface area contributed by atoms with E-state index in [4.69, 9.17) is 17.3 Å². The zero-order valence-electron chi connectivity index (χ0n) is 11.7. The third kappa shape index (κ3) is 2.51. The Kier molecular flexibility index (Phi) is 3.87. The largest absolute Gasteiger partial charge is 0.397 e. The molecular weight excluding hydrogens is 306 g/mol. The molecule has 0 fully saturated rings. The summed E-state index contributed by atoms with van der Waals surface area (Å²) >= 11 is 7.83. The van der Waals surface area contributed by atoms with Gasteiger partial charge in [-0.25, -0.2) is 4.98 Å². The molecule has 6 heteroatoms. The molecule has 3 rings (SSSR count). The van der Waals surface area contributed by atoms with Crippen molar-refractivity contribution in [3.05, 3.63) is 44.9 Å². The summed E-state index contributed by atoms with van der Waals surface area (Å²) in [6.45, 7) is 2.80. The van der Waals surface area contributed by atoms with Crippen LogP contribution in [-0.2, 0) is 6.42 Å². The first-order valence-electron chi connectivity index (χ1n) is 6.90. The summed E-state index contributed by atoms with van der Waals surface area (Å²) in [4.78, 5) is 20.1. The fraction of sp³-hybridized carbons (Fsp3) is 0.333. The van der Waals surface area contributed by atoms with Gasteiger partial charge in [0, 0.05) is 11.4 Å². The van der Waals surface area contributed by atoms with Crippen LogP contribution in [0.15, 0.2) is 23.7 Å². The Morgan fingerprint density at radius 3 is 3.19 bits per heavy atom. The minimum absolute atomic E-state index is 0.0940. The number of halogens is 1. The third-order valence-electron chi connectivity index (χ3n) is 3.83. The van der Waals surface area contributed by atoms with E-state index in [0.717, 1.165) is 12.8 Å².